The lowest BCUT2D eigenvalue weighted by atomic mass is 10.2. The van der Waals surface area contributed by atoms with Gasteiger partial charge in [-0.05, 0) is 33.0 Å². The first-order valence-electron chi connectivity index (χ1n) is 5.79. The molecule has 1 fully saturated rings. The van der Waals surface area contributed by atoms with E-state index in [4.69, 9.17) is 11.6 Å². The number of aryl methyl sites for hydroxylation is 1. The van der Waals surface area contributed by atoms with E-state index in [0.29, 0.717) is 6.04 Å². The summed E-state index contributed by atoms with van der Waals surface area (Å²) in [5, 5.41) is 3.99. The molecule has 1 aliphatic rings. The Labute approximate surface area is 102 Å². The SMILES string of the molecule is CNCC(c1ncn(C)c1Cl)N1CCCC1. The number of halogens is 1. The number of imidazole rings is 1. The molecule has 0 aliphatic carbocycles. The van der Waals surface area contributed by atoms with Crippen LogP contribution in [0.15, 0.2) is 6.33 Å². The van der Waals surface area contributed by atoms with Crippen molar-refractivity contribution >= 4 is 11.6 Å². The third-order valence-electron chi connectivity index (χ3n) is 3.19. The number of likely N-dealkylation sites (N-methyl/N-ethyl adjacent to an activating group) is 1. The van der Waals surface area contributed by atoms with Gasteiger partial charge < -0.3 is 9.88 Å². The Hall–Kier alpha value is -0.580. The molecule has 5 heteroatoms. The van der Waals surface area contributed by atoms with Crippen LogP contribution in [0.2, 0.25) is 5.15 Å². The standard InChI is InChI=1S/C11H19ClN4/c1-13-7-9(16-5-3-4-6-16)10-11(12)15(2)8-14-10/h8-9,13H,3-7H2,1-2H3. The van der Waals surface area contributed by atoms with Crippen molar-refractivity contribution in [1.29, 1.82) is 0 Å². The van der Waals surface area contributed by atoms with Gasteiger partial charge in [-0.3, -0.25) is 4.90 Å². The van der Waals surface area contributed by atoms with Crippen molar-refractivity contribution in [2.75, 3.05) is 26.7 Å². The monoisotopic (exact) mass is 242 g/mol. The maximum Gasteiger partial charge on any atom is 0.133 e. The van der Waals surface area contributed by atoms with Gasteiger partial charge in [0, 0.05) is 13.6 Å². The van der Waals surface area contributed by atoms with Crippen molar-refractivity contribution in [3.05, 3.63) is 17.2 Å². The summed E-state index contributed by atoms with van der Waals surface area (Å²) < 4.78 is 1.87. The smallest absolute Gasteiger partial charge is 0.133 e. The molecule has 0 spiro atoms. The molecule has 1 atom stereocenters. The summed E-state index contributed by atoms with van der Waals surface area (Å²) in [5.41, 5.74) is 1.00. The van der Waals surface area contributed by atoms with E-state index in [0.717, 1.165) is 30.5 Å². The Morgan fingerprint density at radius 2 is 2.19 bits per heavy atom. The molecule has 2 rings (SSSR count). The van der Waals surface area contributed by atoms with Crippen LogP contribution in [0.5, 0.6) is 0 Å². The van der Waals surface area contributed by atoms with Crippen molar-refractivity contribution in [2.24, 2.45) is 7.05 Å². The predicted octanol–water partition coefficient (Wildman–Crippen LogP) is 1.43. The van der Waals surface area contributed by atoms with Crippen LogP contribution in [0.4, 0.5) is 0 Å². The molecule has 1 aliphatic heterocycles. The van der Waals surface area contributed by atoms with Crippen molar-refractivity contribution < 1.29 is 0 Å². The summed E-state index contributed by atoms with van der Waals surface area (Å²) in [5.74, 6) is 0. The number of rotatable bonds is 4. The average molecular weight is 243 g/mol. The van der Waals surface area contributed by atoms with Gasteiger partial charge in [0.15, 0.2) is 0 Å². The fraction of sp³-hybridized carbons (Fsp3) is 0.727. The molecule has 1 aromatic rings. The molecule has 0 bridgehead atoms. The number of nitrogens with zero attached hydrogens (tertiary/aromatic N) is 3. The van der Waals surface area contributed by atoms with E-state index >= 15 is 0 Å². The largest absolute Gasteiger partial charge is 0.325 e. The molecule has 0 aromatic carbocycles. The van der Waals surface area contributed by atoms with E-state index in [1.54, 1.807) is 6.33 Å². The van der Waals surface area contributed by atoms with Crippen molar-refractivity contribution in [3.63, 3.8) is 0 Å². The number of nitrogens with one attached hydrogen (secondary N) is 1. The molecule has 1 unspecified atom stereocenters. The van der Waals surface area contributed by atoms with E-state index in [-0.39, 0.29) is 0 Å². The second kappa shape index (κ2) is 5.17. The zero-order chi connectivity index (χ0) is 11.5. The number of aromatic nitrogens is 2. The van der Waals surface area contributed by atoms with E-state index in [1.807, 2.05) is 18.7 Å². The van der Waals surface area contributed by atoms with Crippen LogP contribution in [0.25, 0.3) is 0 Å². The van der Waals surface area contributed by atoms with Crippen molar-refractivity contribution in [1.82, 2.24) is 19.8 Å². The van der Waals surface area contributed by atoms with Crippen LogP contribution in [-0.4, -0.2) is 41.1 Å². The first kappa shape index (κ1) is 11.9. The highest BCUT2D eigenvalue weighted by atomic mass is 35.5. The summed E-state index contributed by atoms with van der Waals surface area (Å²) in [4.78, 5) is 6.89. The highest BCUT2D eigenvalue weighted by Crippen LogP contribution is 2.28. The van der Waals surface area contributed by atoms with E-state index in [2.05, 4.69) is 15.2 Å². The summed E-state index contributed by atoms with van der Waals surface area (Å²) in [6.07, 6.45) is 4.35. The molecule has 1 aromatic heterocycles. The van der Waals surface area contributed by atoms with Crippen LogP contribution in [-0.2, 0) is 7.05 Å². The molecule has 0 radical (unpaired) electrons. The average Bonchev–Trinajstić information content (AvgIpc) is 2.89. The highest BCUT2D eigenvalue weighted by Gasteiger charge is 2.26. The third-order valence-corrected chi connectivity index (χ3v) is 3.65. The normalized spacial score (nSPS) is 19.2. The predicted molar refractivity (Wildman–Crippen MR) is 65.7 cm³/mol. The molecule has 90 valence electrons. The fourth-order valence-corrected chi connectivity index (χ4v) is 2.52. The zero-order valence-electron chi connectivity index (χ0n) is 9.91. The van der Waals surface area contributed by atoms with Crippen LogP contribution in [0.3, 0.4) is 0 Å². The van der Waals surface area contributed by atoms with E-state index in [9.17, 15) is 0 Å². The molecule has 4 nitrogen and oxygen atoms in total. The molecule has 1 saturated heterocycles. The lowest BCUT2D eigenvalue weighted by Gasteiger charge is -2.26. The summed E-state index contributed by atoms with van der Waals surface area (Å²) in [6, 6.07) is 0.307. The van der Waals surface area contributed by atoms with Gasteiger partial charge >= 0.3 is 0 Å². The highest BCUT2D eigenvalue weighted by molar-refractivity contribution is 6.30. The molecular weight excluding hydrogens is 224 g/mol. The van der Waals surface area contributed by atoms with Crippen LogP contribution in [0.1, 0.15) is 24.6 Å². The van der Waals surface area contributed by atoms with Gasteiger partial charge in [0.25, 0.3) is 0 Å². The summed E-state index contributed by atoms with van der Waals surface area (Å²) in [6.45, 7) is 3.20. The minimum atomic E-state index is 0.307. The molecule has 0 amide bonds. The lowest BCUT2D eigenvalue weighted by molar-refractivity contribution is 0.238. The Morgan fingerprint density at radius 1 is 1.50 bits per heavy atom. The minimum Gasteiger partial charge on any atom is -0.325 e. The van der Waals surface area contributed by atoms with Gasteiger partial charge in [0.2, 0.25) is 0 Å². The summed E-state index contributed by atoms with van der Waals surface area (Å²) in [7, 11) is 3.90. The Morgan fingerprint density at radius 3 is 2.69 bits per heavy atom. The number of hydrogen-bond acceptors (Lipinski definition) is 3. The first-order valence-corrected chi connectivity index (χ1v) is 6.17. The first-order chi connectivity index (χ1) is 7.74. The van der Waals surface area contributed by atoms with Crippen molar-refractivity contribution in [3.8, 4) is 0 Å². The van der Waals surface area contributed by atoms with Gasteiger partial charge in [0.05, 0.1) is 18.1 Å². The Balaban J connectivity index is 2.20. The van der Waals surface area contributed by atoms with Gasteiger partial charge in [0.1, 0.15) is 5.15 Å². The summed E-state index contributed by atoms with van der Waals surface area (Å²) >= 11 is 6.26. The molecule has 1 N–H and O–H groups in total. The Kier molecular flexibility index (Phi) is 3.84. The number of likely N-dealkylation sites (tertiary alicyclic amines) is 1. The molecule has 2 heterocycles. The zero-order valence-corrected chi connectivity index (χ0v) is 10.7. The minimum absolute atomic E-state index is 0.307. The van der Waals surface area contributed by atoms with Crippen LogP contribution < -0.4 is 5.32 Å². The Bertz CT molecular complexity index is 344. The molecule has 16 heavy (non-hydrogen) atoms. The van der Waals surface area contributed by atoms with Gasteiger partial charge in [-0.15, -0.1) is 0 Å². The maximum absolute atomic E-state index is 6.26. The van der Waals surface area contributed by atoms with E-state index < -0.39 is 0 Å². The van der Waals surface area contributed by atoms with Gasteiger partial charge in [-0.2, -0.15) is 0 Å². The van der Waals surface area contributed by atoms with Crippen LogP contribution in [0, 0.1) is 0 Å². The topological polar surface area (TPSA) is 33.1 Å². The lowest BCUT2D eigenvalue weighted by Crippen LogP contribution is -2.33. The van der Waals surface area contributed by atoms with Crippen LogP contribution >= 0.6 is 11.6 Å². The second-order valence-corrected chi connectivity index (χ2v) is 4.71. The maximum atomic E-state index is 6.26. The van der Waals surface area contributed by atoms with Gasteiger partial charge in [-0.25, -0.2) is 4.98 Å². The van der Waals surface area contributed by atoms with Gasteiger partial charge in [-0.1, -0.05) is 11.6 Å². The van der Waals surface area contributed by atoms with Crippen molar-refractivity contribution in [2.45, 2.75) is 18.9 Å². The van der Waals surface area contributed by atoms with E-state index in [1.165, 1.54) is 12.8 Å². The number of hydrogen-bond donors (Lipinski definition) is 1. The quantitative estimate of drug-likeness (QED) is 0.867. The molecule has 0 saturated carbocycles. The second-order valence-electron chi connectivity index (χ2n) is 4.35. The molecular formula is C11H19ClN4. The third kappa shape index (κ3) is 2.24. The fourth-order valence-electron chi connectivity index (χ4n) is 2.30.